The van der Waals surface area contributed by atoms with E-state index >= 15 is 0 Å². The lowest BCUT2D eigenvalue weighted by Gasteiger charge is -2.34. The van der Waals surface area contributed by atoms with Gasteiger partial charge in [-0.2, -0.15) is 0 Å². The molecule has 1 unspecified atom stereocenters. The maximum atomic E-state index is 11.9. The highest BCUT2D eigenvalue weighted by molar-refractivity contribution is 6.03. The first-order valence-corrected chi connectivity index (χ1v) is 5.86. The summed E-state index contributed by atoms with van der Waals surface area (Å²) in [5, 5.41) is 8.97. The Labute approximate surface area is 96.6 Å². The molecule has 0 aromatic heterocycles. The lowest BCUT2D eigenvalue weighted by Crippen LogP contribution is -2.46. The molecule has 1 fully saturated rings. The van der Waals surface area contributed by atoms with E-state index in [1.54, 1.807) is 0 Å². The first-order valence-electron chi connectivity index (χ1n) is 5.86. The number of nitrogens with zero attached hydrogens (tertiary/aromatic N) is 1. The number of carbonyl (C=O) groups is 2. The van der Waals surface area contributed by atoms with E-state index in [1.165, 1.54) is 20.3 Å². The van der Waals surface area contributed by atoms with E-state index in [1.807, 2.05) is 0 Å². The van der Waals surface area contributed by atoms with Crippen LogP contribution in [0.1, 0.15) is 40.0 Å². The van der Waals surface area contributed by atoms with Crippen LogP contribution in [-0.4, -0.2) is 40.9 Å². The van der Waals surface area contributed by atoms with Crippen molar-refractivity contribution in [2.45, 2.75) is 46.1 Å². The van der Waals surface area contributed by atoms with Crippen LogP contribution >= 0.6 is 0 Å². The normalized spacial score (nSPS) is 23.1. The highest BCUT2D eigenvalue weighted by Crippen LogP contribution is 2.21. The van der Waals surface area contributed by atoms with E-state index in [0.29, 0.717) is 6.04 Å². The number of aliphatic carboxylic acids is 1. The van der Waals surface area contributed by atoms with E-state index in [0.717, 1.165) is 19.4 Å². The number of hydrogen-bond acceptors (Lipinski definition) is 3. The summed E-state index contributed by atoms with van der Waals surface area (Å²) in [4.78, 5) is 24.9. The predicted octanol–water partition coefficient (Wildman–Crippen LogP) is 1.54. The molecular formula is C12H21NO3. The third-order valence-corrected chi connectivity index (χ3v) is 3.52. The lowest BCUT2D eigenvalue weighted by molar-refractivity contribution is -0.153. The molecule has 1 rings (SSSR count). The molecule has 1 atom stereocenters. The molecule has 1 aliphatic heterocycles. The van der Waals surface area contributed by atoms with Gasteiger partial charge < -0.3 is 5.11 Å². The molecule has 0 aliphatic carbocycles. The molecular weight excluding hydrogens is 206 g/mol. The first kappa shape index (κ1) is 13.2. The number of carbonyl (C=O) groups excluding carboxylic acids is 1. The number of ketones is 1. The number of carboxylic acids is 1. The highest BCUT2D eigenvalue weighted by Gasteiger charge is 2.37. The van der Waals surface area contributed by atoms with Crippen LogP contribution in [0, 0.1) is 5.41 Å². The molecule has 16 heavy (non-hydrogen) atoms. The van der Waals surface area contributed by atoms with Crippen LogP contribution in [-0.2, 0) is 9.59 Å². The SMILES string of the molecule is CC1CCCCN1CC(=O)C(C)(C)C(=O)O. The summed E-state index contributed by atoms with van der Waals surface area (Å²) in [7, 11) is 0. The van der Waals surface area contributed by atoms with Gasteiger partial charge in [0.2, 0.25) is 0 Å². The Morgan fingerprint density at radius 2 is 2.00 bits per heavy atom. The monoisotopic (exact) mass is 227 g/mol. The summed E-state index contributed by atoms with van der Waals surface area (Å²) in [5.41, 5.74) is -1.27. The van der Waals surface area contributed by atoms with Gasteiger partial charge in [-0.25, -0.2) is 0 Å². The van der Waals surface area contributed by atoms with Crippen molar-refractivity contribution in [3.05, 3.63) is 0 Å². The van der Waals surface area contributed by atoms with Crippen LogP contribution in [0.4, 0.5) is 0 Å². The zero-order valence-electron chi connectivity index (χ0n) is 10.3. The molecule has 0 spiro atoms. The van der Waals surface area contributed by atoms with Crippen LogP contribution in [0.2, 0.25) is 0 Å². The second-order valence-corrected chi connectivity index (χ2v) is 5.17. The summed E-state index contributed by atoms with van der Waals surface area (Å²) in [6.07, 6.45) is 3.40. The first-order chi connectivity index (χ1) is 7.35. The van der Waals surface area contributed by atoms with Crippen LogP contribution in [0.25, 0.3) is 0 Å². The molecule has 1 aliphatic rings. The Morgan fingerprint density at radius 3 is 2.50 bits per heavy atom. The van der Waals surface area contributed by atoms with E-state index in [9.17, 15) is 9.59 Å². The molecule has 0 saturated carbocycles. The van der Waals surface area contributed by atoms with E-state index in [2.05, 4.69) is 11.8 Å². The third-order valence-electron chi connectivity index (χ3n) is 3.52. The maximum absolute atomic E-state index is 11.9. The van der Waals surface area contributed by atoms with Crippen LogP contribution in [0.15, 0.2) is 0 Å². The van der Waals surface area contributed by atoms with Gasteiger partial charge in [0.15, 0.2) is 5.78 Å². The molecule has 4 heteroatoms. The molecule has 0 amide bonds. The van der Waals surface area contributed by atoms with Gasteiger partial charge in [0.05, 0.1) is 6.54 Å². The Hall–Kier alpha value is -0.900. The van der Waals surface area contributed by atoms with Gasteiger partial charge in [0, 0.05) is 6.04 Å². The molecule has 4 nitrogen and oxygen atoms in total. The topological polar surface area (TPSA) is 57.6 Å². The summed E-state index contributed by atoms with van der Waals surface area (Å²) < 4.78 is 0. The Morgan fingerprint density at radius 1 is 1.38 bits per heavy atom. The Kier molecular flexibility index (Phi) is 4.08. The average Bonchev–Trinajstić information content (AvgIpc) is 2.21. The highest BCUT2D eigenvalue weighted by atomic mass is 16.4. The molecule has 0 aromatic carbocycles. The number of rotatable bonds is 4. The van der Waals surface area contributed by atoms with Crippen molar-refractivity contribution in [3.63, 3.8) is 0 Å². The smallest absolute Gasteiger partial charge is 0.316 e. The molecule has 92 valence electrons. The number of likely N-dealkylation sites (tertiary alicyclic amines) is 1. The predicted molar refractivity (Wildman–Crippen MR) is 61.3 cm³/mol. The molecule has 1 N–H and O–H groups in total. The van der Waals surface area contributed by atoms with Gasteiger partial charge in [-0.1, -0.05) is 6.42 Å². The van der Waals surface area contributed by atoms with Crippen molar-refractivity contribution in [2.24, 2.45) is 5.41 Å². The molecule has 0 aromatic rings. The maximum Gasteiger partial charge on any atom is 0.316 e. The van der Waals surface area contributed by atoms with Gasteiger partial charge in [-0.05, 0) is 40.2 Å². The minimum Gasteiger partial charge on any atom is -0.481 e. The molecule has 0 radical (unpaired) electrons. The van der Waals surface area contributed by atoms with Crippen molar-refractivity contribution in [1.29, 1.82) is 0 Å². The third kappa shape index (κ3) is 2.82. The van der Waals surface area contributed by atoms with Crippen LogP contribution < -0.4 is 0 Å². The second-order valence-electron chi connectivity index (χ2n) is 5.17. The molecule has 1 saturated heterocycles. The standard InChI is InChI=1S/C12H21NO3/c1-9-6-4-5-7-13(9)8-10(14)12(2,3)11(15)16/h9H,4-8H2,1-3H3,(H,15,16). The zero-order valence-corrected chi connectivity index (χ0v) is 10.3. The van der Waals surface area contributed by atoms with Crippen molar-refractivity contribution in [2.75, 3.05) is 13.1 Å². The van der Waals surface area contributed by atoms with Gasteiger partial charge in [-0.3, -0.25) is 14.5 Å². The number of carboxylic acid groups (broad SMARTS) is 1. The minimum atomic E-state index is -1.27. The fourth-order valence-electron chi connectivity index (χ4n) is 1.89. The fourth-order valence-corrected chi connectivity index (χ4v) is 1.89. The lowest BCUT2D eigenvalue weighted by atomic mass is 9.87. The Balaban J connectivity index is 2.59. The van der Waals surface area contributed by atoms with Crippen molar-refractivity contribution in [3.8, 4) is 0 Å². The summed E-state index contributed by atoms with van der Waals surface area (Å²) in [6.45, 7) is 6.22. The van der Waals surface area contributed by atoms with E-state index < -0.39 is 11.4 Å². The quantitative estimate of drug-likeness (QED) is 0.740. The van der Waals surface area contributed by atoms with Crippen molar-refractivity contribution < 1.29 is 14.7 Å². The summed E-state index contributed by atoms with van der Waals surface area (Å²) in [5.74, 6) is -1.24. The molecule has 1 heterocycles. The number of piperidine rings is 1. The summed E-state index contributed by atoms with van der Waals surface area (Å²) in [6, 6.07) is 0.391. The average molecular weight is 227 g/mol. The Bertz CT molecular complexity index is 286. The summed E-state index contributed by atoms with van der Waals surface area (Å²) >= 11 is 0. The second kappa shape index (κ2) is 4.95. The minimum absolute atomic E-state index is 0.200. The van der Waals surface area contributed by atoms with Gasteiger partial charge in [0.25, 0.3) is 0 Å². The van der Waals surface area contributed by atoms with Gasteiger partial charge in [0.1, 0.15) is 5.41 Å². The van der Waals surface area contributed by atoms with Gasteiger partial charge in [-0.15, -0.1) is 0 Å². The van der Waals surface area contributed by atoms with E-state index in [-0.39, 0.29) is 12.3 Å². The number of Topliss-reactive ketones (excluding diaryl/α,β-unsaturated/α-hetero) is 1. The van der Waals surface area contributed by atoms with Crippen molar-refractivity contribution >= 4 is 11.8 Å². The van der Waals surface area contributed by atoms with E-state index in [4.69, 9.17) is 5.11 Å². The van der Waals surface area contributed by atoms with Crippen LogP contribution in [0.3, 0.4) is 0 Å². The fraction of sp³-hybridized carbons (Fsp3) is 0.833. The van der Waals surface area contributed by atoms with Crippen LogP contribution in [0.5, 0.6) is 0 Å². The molecule has 0 bridgehead atoms. The number of hydrogen-bond donors (Lipinski definition) is 1. The van der Waals surface area contributed by atoms with Gasteiger partial charge >= 0.3 is 5.97 Å². The van der Waals surface area contributed by atoms with Crippen molar-refractivity contribution in [1.82, 2.24) is 4.90 Å². The zero-order chi connectivity index (χ0) is 12.3. The largest absolute Gasteiger partial charge is 0.481 e.